The molecular weight excluding hydrogens is 344 g/mol. The number of hydrogen-bond acceptors (Lipinski definition) is 5. The molecule has 0 aromatic carbocycles. The molecule has 3 rings (SSSR count). The van der Waals surface area contributed by atoms with Gasteiger partial charge in [-0.1, -0.05) is 27.2 Å². The average molecular weight is 376 g/mol. The summed E-state index contributed by atoms with van der Waals surface area (Å²) in [5, 5.41) is 21.5. The SMILES string of the molecule is COC1=CC(=O)C(O)=C(CC2(C)C(C)CCC3(C)C2CCCC3(C)O)C1=O. The Bertz CT molecular complexity index is 731. The van der Waals surface area contributed by atoms with E-state index in [1.54, 1.807) is 0 Å². The first kappa shape index (κ1) is 20.1. The summed E-state index contributed by atoms with van der Waals surface area (Å²) in [6.07, 6.45) is 5.98. The molecule has 5 heteroatoms. The van der Waals surface area contributed by atoms with Gasteiger partial charge in [0.25, 0.3) is 0 Å². The largest absolute Gasteiger partial charge is 0.504 e. The molecule has 5 unspecified atom stereocenters. The molecule has 5 nitrogen and oxygen atoms in total. The van der Waals surface area contributed by atoms with Gasteiger partial charge in [-0.15, -0.1) is 0 Å². The van der Waals surface area contributed by atoms with Crippen LogP contribution in [0.2, 0.25) is 0 Å². The van der Waals surface area contributed by atoms with E-state index in [9.17, 15) is 19.8 Å². The number of carbonyl (C=O) groups excluding carboxylic acids is 2. The minimum atomic E-state index is -0.752. The summed E-state index contributed by atoms with van der Waals surface area (Å²) >= 11 is 0. The van der Waals surface area contributed by atoms with Gasteiger partial charge in [-0.05, 0) is 61.7 Å². The molecule has 0 radical (unpaired) electrons. The molecule has 150 valence electrons. The zero-order valence-corrected chi connectivity index (χ0v) is 17.1. The Balaban J connectivity index is 2.02. The molecule has 0 saturated heterocycles. The molecule has 2 fully saturated rings. The highest BCUT2D eigenvalue weighted by atomic mass is 16.5. The number of Topliss-reactive ketones (excluding diaryl/α,β-unsaturated/α-hetero) is 1. The monoisotopic (exact) mass is 376 g/mol. The maximum Gasteiger partial charge on any atom is 0.227 e. The number of ketones is 2. The molecule has 3 aliphatic rings. The maximum atomic E-state index is 12.8. The number of carbonyl (C=O) groups is 2. The fourth-order valence-corrected chi connectivity index (χ4v) is 5.97. The van der Waals surface area contributed by atoms with Gasteiger partial charge in [0.2, 0.25) is 11.6 Å². The molecule has 0 amide bonds. The third-order valence-electron chi connectivity index (χ3n) is 8.23. The van der Waals surface area contributed by atoms with E-state index >= 15 is 0 Å². The molecular formula is C22H32O5. The lowest BCUT2D eigenvalue weighted by atomic mass is 9.43. The number of ether oxygens (including phenoxy) is 1. The van der Waals surface area contributed by atoms with E-state index in [1.807, 2.05) is 6.92 Å². The van der Waals surface area contributed by atoms with Crippen molar-refractivity contribution in [2.75, 3.05) is 7.11 Å². The van der Waals surface area contributed by atoms with Crippen molar-refractivity contribution in [1.82, 2.24) is 0 Å². The fraction of sp³-hybridized carbons (Fsp3) is 0.727. The third kappa shape index (κ3) is 2.86. The number of rotatable bonds is 3. The van der Waals surface area contributed by atoms with Crippen LogP contribution in [0.1, 0.15) is 66.2 Å². The van der Waals surface area contributed by atoms with E-state index in [4.69, 9.17) is 4.74 Å². The highest BCUT2D eigenvalue weighted by molar-refractivity contribution is 6.20. The van der Waals surface area contributed by atoms with Crippen molar-refractivity contribution in [3.05, 3.63) is 23.2 Å². The van der Waals surface area contributed by atoms with Crippen molar-refractivity contribution in [3.63, 3.8) is 0 Å². The first-order chi connectivity index (χ1) is 12.5. The Labute approximate surface area is 161 Å². The Kier molecular flexibility index (Phi) is 4.82. The second-order valence-electron chi connectivity index (χ2n) is 9.49. The standard InChI is InChI=1S/C22H32O5/c1-13-8-10-21(3)17(7-6-9-22(21,4)26)20(13,2)12-14-18(24)15(23)11-16(27-5)19(14)25/h11,13,17,24,26H,6-10,12H2,1-5H3. The highest BCUT2D eigenvalue weighted by Gasteiger charge is 2.60. The molecule has 0 aromatic heterocycles. The zero-order valence-electron chi connectivity index (χ0n) is 17.1. The quantitative estimate of drug-likeness (QED) is 0.731. The second-order valence-corrected chi connectivity index (χ2v) is 9.49. The van der Waals surface area contributed by atoms with Crippen molar-refractivity contribution < 1.29 is 24.5 Å². The fourth-order valence-electron chi connectivity index (χ4n) is 5.97. The van der Waals surface area contributed by atoms with E-state index in [2.05, 4.69) is 20.8 Å². The average Bonchev–Trinajstić information content (AvgIpc) is 2.60. The molecule has 0 bridgehead atoms. The minimum absolute atomic E-state index is 0.0155. The van der Waals surface area contributed by atoms with Crippen LogP contribution >= 0.6 is 0 Å². The van der Waals surface area contributed by atoms with Gasteiger partial charge in [-0.2, -0.15) is 0 Å². The predicted octanol–water partition coefficient (Wildman–Crippen LogP) is 3.86. The molecule has 3 aliphatic carbocycles. The van der Waals surface area contributed by atoms with Crippen LogP contribution in [-0.2, 0) is 14.3 Å². The van der Waals surface area contributed by atoms with Crippen LogP contribution in [0, 0.1) is 22.7 Å². The van der Waals surface area contributed by atoms with Gasteiger partial charge < -0.3 is 14.9 Å². The van der Waals surface area contributed by atoms with E-state index < -0.39 is 22.9 Å². The topological polar surface area (TPSA) is 83.8 Å². The third-order valence-corrected chi connectivity index (χ3v) is 8.23. The Morgan fingerprint density at radius 3 is 2.48 bits per heavy atom. The van der Waals surface area contributed by atoms with E-state index in [0.29, 0.717) is 12.3 Å². The van der Waals surface area contributed by atoms with Crippen molar-refractivity contribution in [3.8, 4) is 0 Å². The maximum absolute atomic E-state index is 12.8. The molecule has 2 N–H and O–H groups in total. The van der Waals surface area contributed by atoms with Crippen LogP contribution in [-0.4, -0.2) is 34.5 Å². The first-order valence-corrected chi connectivity index (χ1v) is 9.97. The Hall–Kier alpha value is -1.62. The normalized spacial score (nSPS) is 42.7. The van der Waals surface area contributed by atoms with Crippen LogP contribution in [0.4, 0.5) is 0 Å². The molecule has 0 aromatic rings. The van der Waals surface area contributed by atoms with Crippen LogP contribution in [0.3, 0.4) is 0 Å². The lowest BCUT2D eigenvalue weighted by Gasteiger charge is -2.63. The van der Waals surface area contributed by atoms with Gasteiger partial charge in [0.1, 0.15) is 0 Å². The zero-order chi connectivity index (χ0) is 20.2. The van der Waals surface area contributed by atoms with Crippen molar-refractivity contribution in [2.45, 2.75) is 71.8 Å². The van der Waals surface area contributed by atoms with Gasteiger partial charge in [-0.3, -0.25) is 9.59 Å². The number of fused-ring (bicyclic) bond motifs is 1. The Morgan fingerprint density at radius 2 is 1.85 bits per heavy atom. The van der Waals surface area contributed by atoms with Crippen molar-refractivity contribution >= 4 is 11.6 Å². The summed E-state index contributed by atoms with van der Waals surface area (Å²) in [4.78, 5) is 24.9. The molecule has 0 heterocycles. The molecule has 2 saturated carbocycles. The van der Waals surface area contributed by atoms with Gasteiger partial charge >= 0.3 is 0 Å². The number of hydrogen-bond donors (Lipinski definition) is 2. The lowest BCUT2D eigenvalue weighted by Crippen LogP contribution is -2.60. The lowest BCUT2D eigenvalue weighted by molar-refractivity contribution is -0.190. The summed E-state index contributed by atoms with van der Waals surface area (Å²) in [6, 6.07) is 0. The number of aliphatic hydroxyl groups is 2. The molecule has 27 heavy (non-hydrogen) atoms. The summed E-state index contributed by atoms with van der Waals surface area (Å²) < 4.78 is 5.07. The van der Waals surface area contributed by atoms with Gasteiger partial charge in [0.05, 0.1) is 12.7 Å². The van der Waals surface area contributed by atoms with Crippen molar-refractivity contribution in [1.29, 1.82) is 0 Å². The van der Waals surface area contributed by atoms with Crippen LogP contribution in [0.15, 0.2) is 23.2 Å². The number of methoxy groups -OCH3 is 1. The van der Waals surface area contributed by atoms with Gasteiger partial charge in [-0.25, -0.2) is 0 Å². The summed E-state index contributed by atoms with van der Waals surface area (Å²) in [7, 11) is 1.36. The van der Waals surface area contributed by atoms with Crippen LogP contribution in [0.5, 0.6) is 0 Å². The molecule has 0 spiro atoms. The minimum Gasteiger partial charge on any atom is -0.504 e. The summed E-state index contributed by atoms with van der Waals surface area (Å²) in [5.74, 6) is -0.936. The van der Waals surface area contributed by atoms with Crippen molar-refractivity contribution in [2.24, 2.45) is 22.7 Å². The van der Waals surface area contributed by atoms with Gasteiger partial charge in [0, 0.05) is 11.6 Å². The van der Waals surface area contributed by atoms with Crippen LogP contribution < -0.4 is 0 Å². The Morgan fingerprint density at radius 1 is 1.19 bits per heavy atom. The smallest absolute Gasteiger partial charge is 0.227 e. The predicted molar refractivity (Wildman–Crippen MR) is 102 cm³/mol. The second kappa shape index (κ2) is 6.47. The van der Waals surface area contributed by atoms with Gasteiger partial charge in [0.15, 0.2) is 11.5 Å². The molecule has 0 aliphatic heterocycles. The highest BCUT2D eigenvalue weighted by Crippen LogP contribution is 2.64. The van der Waals surface area contributed by atoms with E-state index in [-0.39, 0.29) is 28.1 Å². The summed E-state index contributed by atoms with van der Waals surface area (Å²) in [5.41, 5.74) is -1.14. The van der Waals surface area contributed by atoms with E-state index in [1.165, 1.54) is 7.11 Å². The first-order valence-electron chi connectivity index (χ1n) is 9.97. The summed E-state index contributed by atoms with van der Waals surface area (Å²) in [6.45, 7) is 8.45. The van der Waals surface area contributed by atoms with E-state index in [0.717, 1.165) is 38.2 Å². The number of aliphatic hydroxyl groups excluding tert-OH is 1. The number of allylic oxidation sites excluding steroid dienone is 2. The molecule has 5 atom stereocenters. The van der Waals surface area contributed by atoms with Crippen LogP contribution in [0.25, 0.3) is 0 Å².